The number of ether oxygens (including phenoxy) is 1. The number of halogens is 1. The Balaban J connectivity index is 1.31. The lowest BCUT2D eigenvalue weighted by molar-refractivity contribution is 0.190. The van der Waals surface area contributed by atoms with Gasteiger partial charge >= 0.3 is 0 Å². The first-order valence-corrected chi connectivity index (χ1v) is 14.5. The van der Waals surface area contributed by atoms with E-state index < -0.39 is 0 Å². The van der Waals surface area contributed by atoms with Gasteiger partial charge in [-0.3, -0.25) is 4.39 Å². The number of aromatic nitrogens is 4. The maximum atomic E-state index is 12.9. The molecule has 1 aliphatic rings. The first-order chi connectivity index (χ1) is 19.1. The minimum absolute atomic E-state index is 0.124. The molecular formula is C29H33FN6O2S. The Morgan fingerprint density at radius 3 is 2.54 bits per heavy atom. The highest BCUT2D eigenvalue weighted by Gasteiger charge is 2.18. The molecule has 5 rings (SSSR count). The van der Waals surface area contributed by atoms with E-state index in [-0.39, 0.29) is 34.1 Å². The maximum Gasteiger partial charge on any atom is 0.270 e. The molecule has 3 N–H and O–H groups in total. The van der Waals surface area contributed by atoms with Gasteiger partial charge in [0.05, 0.1) is 25.2 Å². The quantitative estimate of drug-likeness (QED) is 0.249. The van der Waals surface area contributed by atoms with Gasteiger partial charge < -0.3 is 20.2 Å². The van der Waals surface area contributed by atoms with Gasteiger partial charge in [0.15, 0.2) is 11.5 Å². The monoisotopic (exact) mass is 548 g/mol. The van der Waals surface area contributed by atoms with Crippen molar-refractivity contribution in [2.75, 3.05) is 25.6 Å². The molecule has 0 bridgehead atoms. The van der Waals surface area contributed by atoms with Crippen LogP contribution in [0.3, 0.4) is 0 Å². The van der Waals surface area contributed by atoms with Gasteiger partial charge in [-0.25, -0.2) is 9.97 Å². The number of nitrogens with one attached hydrogen (secondary N) is 1. The minimum Gasteiger partial charge on any atom is -0.414 e. The number of hydrogen-bond acceptors (Lipinski definition) is 8. The summed E-state index contributed by atoms with van der Waals surface area (Å²) < 4.78 is 24.3. The summed E-state index contributed by atoms with van der Waals surface area (Å²) in [5.74, 6) is 0.808. The predicted molar refractivity (Wildman–Crippen MR) is 154 cm³/mol. The van der Waals surface area contributed by atoms with Crippen molar-refractivity contribution >= 4 is 21.7 Å². The van der Waals surface area contributed by atoms with E-state index in [2.05, 4.69) is 44.9 Å². The number of benzene rings is 2. The average Bonchev–Trinajstić information content (AvgIpc) is 3.67. The summed E-state index contributed by atoms with van der Waals surface area (Å²) in [6.45, 7) is 6.17. The van der Waals surface area contributed by atoms with Gasteiger partial charge in [0.2, 0.25) is 5.89 Å². The van der Waals surface area contributed by atoms with Crippen LogP contribution in [0.5, 0.6) is 0 Å². The van der Waals surface area contributed by atoms with E-state index in [1.165, 1.54) is 10.5 Å². The molecule has 4 aromatic rings. The lowest BCUT2D eigenvalue weighted by atomic mass is 10.1. The van der Waals surface area contributed by atoms with Crippen molar-refractivity contribution in [3.05, 3.63) is 60.3 Å². The molecule has 3 heterocycles. The molecule has 204 valence electrons. The van der Waals surface area contributed by atoms with Crippen LogP contribution in [0.15, 0.2) is 64.0 Å². The molecule has 10 heteroatoms. The van der Waals surface area contributed by atoms with E-state index in [0.29, 0.717) is 29.7 Å². The third-order valence-corrected chi connectivity index (χ3v) is 9.21. The zero-order valence-electron chi connectivity index (χ0n) is 22.1. The highest BCUT2D eigenvalue weighted by Crippen LogP contribution is 2.35. The van der Waals surface area contributed by atoms with Gasteiger partial charge in [-0.1, -0.05) is 36.6 Å². The van der Waals surface area contributed by atoms with Gasteiger partial charge in [0.1, 0.15) is 0 Å². The summed E-state index contributed by atoms with van der Waals surface area (Å²) >= 11 is 0. The second-order valence-electron chi connectivity index (χ2n) is 9.46. The van der Waals surface area contributed by atoms with Crippen LogP contribution in [-0.2, 0) is 11.3 Å². The van der Waals surface area contributed by atoms with Crippen molar-refractivity contribution in [1.82, 2.24) is 25.5 Å². The third kappa shape index (κ3) is 6.41. The summed E-state index contributed by atoms with van der Waals surface area (Å²) in [7, 11) is -0.124. The lowest BCUT2D eigenvalue weighted by Gasteiger charge is -2.17. The van der Waals surface area contributed by atoms with Gasteiger partial charge in [-0.2, -0.15) is 10.5 Å². The summed E-state index contributed by atoms with van der Waals surface area (Å²) in [4.78, 5) is 10.2. The molecule has 0 aliphatic carbocycles. The van der Waals surface area contributed by atoms with E-state index in [1.54, 1.807) is 6.20 Å². The van der Waals surface area contributed by atoms with Crippen molar-refractivity contribution in [2.24, 2.45) is 0 Å². The highest BCUT2D eigenvalue weighted by molar-refractivity contribution is 8.15. The Bertz CT molecular complexity index is 1420. The molecule has 2 aromatic heterocycles. The van der Waals surface area contributed by atoms with Crippen molar-refractivity contribution < 1.29 is 13.5 Å². The fraction of sp³-hybridized carbons (Fsp3) is 0.345. The van der Waals surface area contributed by atoms with Crippen molar-refractivity contribution in [3.8, 4) is 34.3 Å². The second kappa shape index (κ2) is 12.6. The van der Waals surface area contributed by atoms with Gasteiger partial charge in [0.25, 0.3) is 5.89 Å². The van der Waals surface area contributed by atoms with Crippen LogP contribution in [0.25, 0.3) is 34.3 Å². The molecule has 2 aromatic carbocycles. The molecule has 2 unspecified atom stereocenters. The van der Waals surface area contributed by atoms with Crippen LogP contribution in [0.4, 0.5) is 10.2 Å². The molecule has 3 atom stereocenters. The first kappa shape index (κ1) is 27.1. The topological polar surface area (TPSA) is 112 Å². The van der Waals surface area contributed by atoms with Crippen molar-refractivity contribution in [2.45, 2.75) is 49.4 Å². The normalized spacial score (nSPS) is 16.9. The van der Waals surface area contributed by atoms with E-state index in [4.69, 9.17) is 19.9 Å². The van der Waals surface area contributed by atoms with E-state index in [9.17, 15) is 4.39 Å². The van der Waals surface area contributed by atoms with E-state index >= 15 is 0 Å². The Morgan fingerprint density at radius 2 is 1.85 bits per heavy atom. The minimum atomic E-state index is -0.308. The number of rotatable bonds is 10. The smallest absolute Gasteiger partial charge is 0.270 e. The maximum absolute atomic E-state index is 12.9. The van der Waals surface area contributed by atoms with Crippen LogP contribution >= 0.6 is 10.5 Å². The predicted octanol–water partition coefficient (Wildman–Crippen LogP) is 5.52. The van der Waals surface area contributed by atoms with E-state index in [0.717, 1.165) is 37.3 Å². The zero-order valence-corrected chi connectivity index (χ0v) is 23.0. The van der Waals surface area contributed by atoms with E-state index in [1.807, 2.05) is 43.3 Å². The Morgan fingerprint density at radius 1 is 1.10 bits per heavy atom. The number of anilines is 1. The van der Waals surface area contributed by atoms with Gasteiger partial charge in [-0.05, 0) is 49.6 Å². The van der Waals surface area contributed by atoms with Crippen LogP contribution in [0.1, 0.15) is 32.3 Å². The molecule has 0 radical (unpaired) electrons. The Hall–Kier alpha value is -3.47. The number of alkyl halides is 1. The lowest BCUT2D eigenvalue weighted by Crippen LogP contribution is -2.28. The molecule has 0 saturated carbocycles. The first-order valence-electron chi connectivity index (χ1n) is 13.1. The highest BCUT2D eigenvalue weighted by atomic mass is 32.2. The standard InChI is InChI=1S/C29H33FN6O2S/c1-3-39(19(2)12-14-30)24-10-8-21(9-11-24)25-17-33-27(31)26(34-25)29-36-35-28(38-29)22-6-4-20(5-7-22)16-32-23-13-15-37-18-23/h3-11,17,19,23,32H,12-16,18H2,1-2H3,(H2,31,33)/t19?,23-,39?/m0/s1. The fourth-order valence-electron chi connectivity index (χ4n) is 4.52. The Labute approximate surface area is 230 Å². The SMILES string of the molecule is C/C=S(\c1ccc(-c2cnc(N)c(-c3nnc(-c4ccc(CN[C@H]5CCOC5)cc4)o3)n2)cc1)C(C)CCF. The number of nitrogens with two attached hydrogens (primary N) is 1. The fourth-order valence-corrected chi connectivity index (χ4v) is 6.51. The molecule has 1 saturated heterocycles. The van der Waals surface area contributed by atoms with Gasteiger partial charge in [0, 0.05) is 40.5 Å². The van der Waals surface area contributed by atoms with Crippen LogP contribution in [0.2, 0.25) is 0 Å². The van der Waals surface area contributed by atoms with Crippen LogP contribution in [0, 0.1) is 0 Å². The second-order valence-corrected chi connectivity index (χ2v) is 12.0. The number of nitrogen functional groups attached to an aromatic ring is 1. The molecule has 39 heavy (non-hydrogen) atoms. The molecule has 1 aliphatic heterocycles. The molecular weight excluding hydrogens is 515 g/mol. The van der Waals surface area contributed by atoms with Crippen LogP contribution < -0.4 is 11.1 Å². The molecule has 0 amide bonds. The average molecular weight is 549 g/mol. The molecule has 0 spiro atoms. The third-order valence-electron chi connectivity index (χ3n) is 6.78. The Kier molecular flexibility index (Phi) is 8.75. The summed E-state index contributed by atoms with van der Waals surface area (Å²) in [6, 6.07) is 16.5. The summed E-state index contributed by atoms with van der Waals surface area (Å²) in [6.07, 6.45) is 3.22. The van der Waals surface area contributed by atoms with Crippen molar-refractivity contribution in [3.63, 3.8) is 0 Å². The van der Waals surface area contributed by atoms with Gasteiger partial charge in [-0.15, -0.1) is 10.2 Å². The largest absolute Gasteiger partial charge is 0.414 e. The number of hydrogen-bond donors (Lipinski definition) is 2. The summed E-state index contributed by atoms with van der Waals surface area (Å²) in [5, 5.41) is 14.3. The zero-order chi connectivity index (χ0) is 27.2. The van der Waals surface area contributed by atoms with Crippen LogP contribution in [-0.4, -0.2) is 56.7 Å². The molecule has 1 fully saturated rings. The van der Waals surface area contributed by atoms with Crippen molar-refractivity contribution in [1.29, 1.82) is 0 Å². The summed E-state index contributed by atoms with van der Waals surface area (Å²) in [5.41, 5.74) is 10.00. The molecule has 8 nitrogen and oxygen atoms in total. The number of nitrogens with zero attached hydrogens (tertiary/aromatic N) is 4.